The molecule has 5 nitrogen and oxygen atoms in total. The summed E-state index contributed by atoms with van der Waals surface area (Å²) in [6, 6.07) is 22.0. The van der Waals surface area contributed by atoms with Gasteiger partial charge in [0.25, 0.3) is 0 Å². The van der Waals surface area contributed by atoms with Gasteiger partial charge in [0.15, 0.2) is 0 Å². The monoisotopic (exact) mass is 469 g/mol. The Morgan fingerprint density at radius 2 is 1.77 bits per heavy atom. The lowest BCUT2D eigenvalue weighted by molar-refractivity contribution is -0.116. The van der Waals surface area contributed by atoms with Gasteiger partial charge in [-0.1, -0.05) is 48.5 Å². The zero-order valence-electron chi connectivity index (χ0n) is 20.5. The number of hydrogen-bond donors (Lipinski definition) is 1. The standard InChI is InChI=1S/C30H31NO4/c1-4-34-28-19-29-25(26(20-35-29)23-14-8-9-15-27(23)33-3)18-24(28)21(2)17-30(32)31-16-10-13-22-11-6-5-7-12-22/h5-9,11-12,14-15,17-20H,4,10,13,16H2,1-3H3,(H,31,32)/b21-17+. The highest BCUT2D eigenvalue weighted by molar-refractivity contribution is 6.01. The molecule has 0 fully saturated rings. The molecule has 5 heteroatoms. The van der Waals surface area contributed by atoms with Gasteiger partial charge in [0.2, 0.25) is 5.91 Å². The minimum atomic E-state index is -0.116. The van der Waals surface area contributed by atoms with E-state index in [1.807, 2.05) is 68.4 Å². The molecule has 0 aliphatic carbocycles. The number of aryl methyl sites for hydroxylation is 1. The van der Waals surface area contributed by atoms with Crippen LogP contribution in [0.15, 0.2) is 83.5 Å². The Bertz CT molecular complexity index is 1320. The number of allylic oxidation sites excluding steroid dienone is 1. The van der Waals surface area contributed by atoms with Crippen molar-refractivity contribution in [2.45, 2.75) is 26.7 Å². The Hall–Kier alpha value is -3.99. The highest BCUT2D eigenvalue weighted by atomic mass is 16.5. The van der Waals surface area contributed by atoms with Gasteiger partial charge in [-0.3, -0.25) is 4.79 Å². The molecule has 4 rings (SSSR count). The van der Waals surface area contributed by atoms with Crippen LogP contribution < -0.4 is 14.8 Å². The third-order valence-electron chi connectivity index (χ3n) is 5.93. The lowest BCUT2D eigenvalue weighted by atomic mass is 9.98. The second kappa shape index (κ2) is 11.4. The van der Waals surface area contributed by atoms with E-state index in [1.54, 1.807) is 19.4 Å². The van der Waals surface area contributed by atoms with Gasteiger partial charge in [-0.2, -0.15) is 0 Å². The van der Waals surface area contributed by atoms with Crippen LogP contribution in [-0.2, 0) is 11.2 Å². The van der Waals surface area contributed by atoms with Gasteiger partial charge in [0.1, 0.15) is 17.1 Å². The van der Waals surface area contributed by atoms with E-state index in [0.717, 1.165) is 51.8 Å². The van der Waals surface area contributed by atoms with Crippen molar-refractivity contribution in [3.05, 3.63) is 90.2 Å². The largest absolute Gasteiger partial charge is 0.496 e. The number of methoxy groups -OCH3 is 1. The number of rotatable bonds is 10. The number of furan rings is 1. The molecule has 1 aromatic heterocycles. The molecule has 0 radical (unpaired) electrons. The zero-order valence-corrected chi connectivity index (χ0v) is 20.5. The van der Waals surface area contributed by atoms with Gasteiger partial charge < -0.3 is 19.2 Å². The van der Waals surface area contributed by atoms with E-state index >= 15 is 0 Å². The van der Waals surface area contributed by atoms with Crippen LogP contribution in [0.2, 0.25) is 0 Å². The summed E-state index contributed by atoms with van der Waals surface area (Å²) in [4.78, 5) is 12.6. The van der Waals surface area contributed by atoms with Crippen molar-refractivity contribution in [3.63, 3.8) is 0 Å². The molecule has 0 aliphatic heterocycles. The van der Waals surface area contributed by atoms with E-state index in [9.17, 15) is 4.79 Å². The van der Waals surface area contributed by atoms with E-state index in [2.05, 4.69) is 17.4 Å². The molecule has 0 saturated heterocycles. The van der Waals surface area contributed by atoms with Gasteiger partial charge >= 0.3 is 0 Å². The molecule has 3 aromatic carbocycles. The summed E-state index contributed by atoms with van der Waals surface area (Å²) in [7, 11) is 1.66. The summed E-state index contributed by atoms with van der Waals surface area (Å²) >= 11 is 0. The summed E-state index contributed by atoms with van der Waals surface area (Å²) < 4.78 is 17.3. The number of nitrogens with one attached hydrogen (secondary N) is 1. The first-order valence-corrected chi connectivity index (χ1v) is 11.9. The molecular formula is C30H31NO4. The van der Waals surface area contributed by atoms with Crippen LogP contribution in [0.3, 0.4) is 0 Å². The first-order chi connectivity index (χ1) is 17.1. The first kappa shape index (κ1) is 24.1. The van der Waals surface area contributed by atoms with Crippen LogP contribution >= 0.6 is 0 Å². The fourth-order valence-electron chi connectivity index (χ4n) is 4.19. The average molecular weight is 470 g/mol. The van der Waals surface area contributed by atoms with Crippen molar-refractivity contribution in [3.8, 4) is 22.6 Å². The SMILES string of the molecule is CCOc1cc2occ(-c3ccccc3OC)c2cc1/C(C)=C/C(=O)NCCCc1ccccc1. The number of benzene rings is 3. The molecule has 0 aliphatic rings. The van der Waals surface area contributed by atoms with Crippen LogP contribution in [0.25, 0.3) is 27.7 Å². The summed E-state index contributed by atoms with van der Waals surface area (Å²) in [5.74, 6) is 1.34. The minimum Gasteiger partial charge on any atom is -0.496 e. The number of para-hydroxylation sites is 1. The second-order valence-electron chi connectivity index (χ2n) is 8.33. The fraction of sp³-hybridized carbons (Fsp3) is 0.233. The third kappa shape index (κ3) is 5.75. The Balaban J connectivity index is 1.56. The summed E-state index contributed by atoms with van der Waals surface area (Å²) in [5.41, 5.74) is 5.55. The molecule has 0 bridgehead atoms. The molecule has 0 saturated carbocycles. The number of fused-ring (bicyclic) bond motifs is 1. The lowest BCUT2D eigenvalue weighted by Crippen LogP contribution is -2.22. The van der Waals surface area contributed by atoms with Crippen LogP contribution in [-0.4, -0.2) is 26.2 Å². The van der Waals surface area contributed by atoms with E-state index in [0.29, 0.717) is 18.9 Å². The van der Waals surface area contributed by atoms with Crippen LogP contribution in [0.4, 0.5) is 0 Å². The lowest BCUT2D eigenvalue weighted by Gasteiger charge is -2.12. The molecule has 0 atom stereocenters. The summed E-state index contributed by atoms with van der Waals surface area (Å²) in [6.45, 7) is 5.00. The first-order valence-electron chi connectivity index (χ1n) is 11.9. The summed E-state index contributed by atoms with van der Waals surface area (Å²) in [6.07, 6.45) is 5.19. The molecule has 1 heterocycles. The maximum atomic E-state index is 12.6. The normalized spacial score (nSPS) is 11.5. The van der Waals surface area contributed by atoms with Crippen molar-refractivity contribution in [2.75, 3.05) is 20.3 Å². The van der Waals surface area contributed by atoms with Crippen molar-refractivity contribution in [1.29, 1.82) is 0 Å². The van der Waals surface area contributed by atoms with Crippen molar-refractivity contribution in [2.24, 2.45) is 0 Å². The number of ether oxygens (including phenoxy) is 2. The quantitative estimate of drug-likeness (QED) is 0.208. The van der Waals surface area contributed by atoms with Gasteiger partial charge in [0, 0.05) is 40.8 Å². The highest BCUT2D eigenvalue weighted by Crippen LogP contribution is 2.40. The maximum Gasteiger partial charge on any atom is 0.244 e. The van der Waals surface area contributed by atoms with Gasteiger partial charge in [-0.05, 0) is 50.0 Å². The molecule has 0 spiro atoms. The predicted octanol–water partition coefficient (Wildman–Crippen LogP) is 6.66. The van der Waals surface area contributed by atoms with Crippen molar-refractivity contribution in [1.82, 2.24) is 5.32 Å². The smallest absolute Gasteiger partial charge is 0.244 e. The van der Waals surface area contributed by atoms with Gasteiger partial charge in [0.05, 0.1) is 20.0 Å². The third-order valence-corrected chi connectivity index (χ3v) is 5.93. The van der Waals surface area contributed by atoms with Crippen LogP contribution in [0.1, 0.15) is 31.4 Å². The van der Waals surface area contributed by atoms with Gasteiger partial charge in [-0.15, -0.1) is 0 Å². The topological polar surface area (TPSA) is 60.7 Å². The van der Waals surface area contributed by atoms with Crippen LogP contribution in [0.5, 0.6) is 11.5 Å². The molecule has 35 heavy (non-hydrogen) atoms. The maximum absolute atomic E-state index is 12.6. The number of amides is 1. The van der Waals surface area contributed by atoms with Gasteiger partial charge in [-0.25, -0.2) is 0 Å². The molecule has 4 aromatic rings. The number of carbonyl (C=O) groups excluding carboxylic acids is 1. The predicted molar refractivity (Wildman–Crippen MR) is 141 cm³/mol. The van der Waals surface area contributed by atoms with E-state index in [-0.39, 0.29) is 5.91 Å². The average Bonchev–Trinajstić information content (AvgIpc) is 3.29. The summed E-state index contributed by atoms with van der Waals surface area (Å²) in [5, 5.41) is 3.93. The van der Waals surface area contributed by atoms with E-state index in [1.165, 1.54) is 5.56 Å². The Morgan fingerprint density at radius 1 is 1.00 bits per heavy atom. The van der Waals surface area contributed by atoms with E-state index < -0.39 is 0 Å². The number of hydrogen-bond acceptors (Lipinski definition) is 4. The molecule has 1 amide bonds. The zero-order chi connectivity index (χ0) is 24.6. The second-order valence-corrected chi connectivity index (χ2v) is 8.33. The number of carbonyl (C=O) groups is 1. The van der Waals surface area contributed by atoms with Crippen molar-refractivity contribution >= 4 is 22.4 Å². The highest BCUT2D eigenvalue weighted by Gasteiger charge is 2.17. The molecular weight excluding hydrogens is 438 g/mol. The molecule has 0 unspecified atom stereocenters. The Labute approximate surface area is 206 Å². The molecule has 180 valence electrons. The van der Waals surface area contributed by atoms with E-state index in [4.69, 9.17) is 13.9 Å². The van der Waals surface area contributed by atoms with Crippen LogP contribution in [0, 0.1) is 0 Å². The Morgan fingerprint density at radius 3 is 2.54 bits per heavy atom. The minimum absolute atomic E-state index is 0.116. The van der Waals surface area contributed by atoms with Crippen molar-refractivity contribution < 1.29 is 18.7 Å². The molecule has 1 N–H and O–H groups in total. The fourth-order valence-corrected chi connectivity index (χ4v) is 4.19. The Kier molecular flexibility index (Phi) is 7.88.